The lowest BCUT2D eigenvalue weighted by atomic mass is 10.2. The maximum atomic E-state index is 7.82. The predicted molar refractivity (Wildman–Crippen MR) is 65.9 cm³/mol. The van der Waals surface area contributed by atoms with Crippen molar-refractivity contribution in [2.75, 3.05) is 0 Å². The summed E-state index contributed by atoms with van der Waals surface area (Å²) in [7, 11) is 0. The van der Waals surface area contributed by atoms with Crippen molar-refractivity contribution < 1.29 is 0 Å². The van der Waals surface area contributed by atoms with Crippen LogP contribution < -0.4 is 4.80 Å². The van der Waals surface area contributed by atoms with Crippen molar-refractivity contribution in [3.05, 3.63) is 44.9 Å². The zero-order valence-electron chi connectivity index (χ0n) is 8.90. The van der Waals surface area contributed by atoms with E-state index in [0.717, 1.165) is 12.0 Å². The molecule has 16 heavy (non-hydrogen) atoms. The van der Waals surface area contributed by atoms with Gasteiger partial charge in [0.05, 0.1) is 6.54 Å². The highest BCUT2D eigenvalue weighted by atomic mass is 35.5. The number of hydrogen-bond acceptors (Lipinski definition) is 3. The van der Waals surface area contributed by atoms with Crippen molar-refractivity contribution in [2.24, 2.45) is 0 Å². The van der Waals surface area contributed by atoms with Gasteiger partial charge < -0.3 is 4.57 Å². The molecular weight excluding hydrogens is 242 g/mol. The first kappa shape index (κ1) is 11.4. The molecule has 0 aliphatic rings. The fraction of sp³-hybridized carbons (Fsp3) is 0.273. The van der Waals surface area contributed by atoms with Gasteiger partial charge in [-0.1, -0.05) is 24.6 Å². The molecule has 0 aliphatic carbocycles. The summed E-state index contributed by atoms with van der Waals surface area (Å²) in [5.41, 5.74) is 2.25. The van der Waals surface area contributed by atoms with E-state index < -0.39 is 0 Å². The standard InChI is InChI=1S/C11H12ClN3S/c1-2-9-7-16-11(13)15(9)6-8-3-4-10(12)14-5-8/h3-5,7,13H,2,6H2,1H3. The van der Waals surface area contributed by atoms with Crippen LogP contribution in [0.3, 0.4) is 0 Å². The molecule has 0 saturated heterocycles. The Balaban J connectivity index is 2.29. The second-order valence-electron chi connectivity index (χ2n) is 3.46. The number of halogens is 1. The van der Waals surface area contributed by atoms with E-state index >= 15 is 0 Å². The fourth-order valence-electron chi connectivity index (χ4n) is 1.51. The number of aromatic nitrogens is 2. The topological polar surface area (TPSA) is 41.7 Å². The highest BCUT2D eigenvalue weighted by Crippen LogP contribution is 2.09. The third kappa shape index (κ3) is 2.33. The maximum absolute atomic E-state index is 7.82. The highest BCUT2D eigenvalue weighted by molar-refractivity contribution is 7.07. The minimum absolute atomic E-state index is 0.501. The van der Waals surface area contributed by atoms with Gasteiger partial charge in [0, 0.05) is 17.3 Å². The molecule has 84 valence electrons. The van der Waals surface area contributed by atoms with Crippen LogP contribution >= 0.6 is 22.9 Å². The molecule has 0 bridgehead atoms. The summed E-state index contributed by atoms with van der Waals surface area (Å²) >= 11 is 7.19. The van der Waals surface area contributed by atoms with Crippen molar-refractivity contribution in [1.82, 2.24) is 9.55 Å². The Morgan fingerprint density at radius 3 is 2.94 bits per heavy atom. The quantitative estimate of drug-likeness (QED) is 0.840. The van der Waals surface area contributed by atoms with E-state index in [1.54, 1.807) is 12.3 Å². The van der Waals surface area contributed by atoms with E-state index in [0.29, 0.717) is 16.5 Å². The van der Waals surface area contributed by atoms with Gasteiger partial charge in [0.15, 0.2) is 4.80 Å². The van der Waals surface area contributed by atoms with Crippen LogP contribution in [0.1, 0.15) is 18.2 Å². The number of thiazole rings is 1. The lowest BCUT2D eigenvalue weighted by Crippen LogP contribution is -2.16. The monoisotopic (exact) mass is 253 g/mol. The second kappa shape index (κ2) is 4.80. The summed E-state index contributed by atoms with van der Waals surface area (Å²) < 4.78 is 2.00. The van der Waals surface area contributed by atoms with Crippen LogP contribution in [-0.2, 0) is 13.0 Å². The zero-order valence-corrected chi connectivity index (χ0v) is 10.5. The molecule has 1 N–H and O–H groups in total. The summed E-state index contributed by atoms with van der Waals surface area (Å²) in [6.45, 7) is 2.79. The Morgan fingerprint density at radius 2 is 2.31 bits per heavy atom. The van der Waals surface area contributed by atoms with Gasteiger partial charge in [-0.15, -0.1) is 11.3 Å². The highest BCUT2D eigenvalue weighted by Gasteiger charge is 2.03. The molecule has 2 heterocycles. The van der Waals surface area contributed by atoms with Gasteiger partial charge in [-0.05, 0) is 18.1 Å². The molecule has 0 radical (unpaired) electrons. The third-order valence-electron chi connectivity index (χ3n) is 2.39. The number of pyridine rings is 1. The van der Waals surface area contributed by atoms with E-state index in [9.17, 15) is 0 Å². The molecule has 2 aromatic heterocycles. The first-order chi connectivity index (χ1) is 7.70. The van der Waals surface area contributed by atoms with Crippen molar-refractivity contribution in [2.45, 2.75) is 19.9 Å². The Kier molecular flexibility index (Phi) is 3.41. The van der Waals surface area contributed by atoms with Crippen molar-refractivity contribution >= 4 is 22.9 Å². The van der Waals surface area contributed by atoms with Crippen LogP contribution in [0.5, 0.6) is 0 Å². The SMILES string of the molecule is CCc1csc(=N)n1Cc1ccc(Cl)nc1. The van der Waals surface area contributed by atoms with Crippen LogP contribution in [0.25, 0.3) is 0 Å². The van der Waals surface area contributed by atoms with Gasteiger partial charge in [-0.25, -0.2) is 4.98 Å². The average molecular weight is 254 g/mol. The van der Waals surface area contributed by atoms with Gasteiger partial charge in [-0.3, -0.25) is 5.41 Å². The molecule has 0 unspecified atom stereocenters. The molecule has 2 aromatic rings. The van der Waals surface area contributed by atoms with Crippen molar-refractivity contribution in [1.29, 1.82) is 5.41 Å². The van der Waals surface area contributed by atoms with Gasteiger partial charge in [0.25, 0.3) is 0 Å². The van der Waals surface area contributed by atoms with E-state index in [2.05, 4.69) is 11.9 Å². The van der Waals surface area contributed by atoms with Gasteiger partial charge >= 0.3 is 0 Å². The van der Waals surface area contributed by atoms with Crippen molar-refractivity contribution in [3.63, 3.8) is 0 Å². The van der Waals surface area contributed by atoms with Gasteiger partial charge in [0.1, 0.15) is 5.15 Å². The van der Waals surface area contributed by atoms with E-state index in [-0.39, 0.29) is 0 Å². The Hall–Kier alpha value is -1.13. The number of aryl methyl sites for hydroxylation is 1. The molecule has 0 aliphatic heterocycles. The summed E-state index contributed by atoms with van der Waals surface area (Å²) in [4.78, 5) is 4.61. The van der Waals surface area contributed by atoms with Crippen LogP contribution in [0, 0.1) is 5.41 Å². The molecule has 0 amide bonds. The normalized spacial score (nSPS) is 10.6. The molecule has 0 fully saturated rings. The molecule has 0 spiro atoms. The average Bonchev–Trinajstić information content (AvgIpc) is 2.63. The summed E-state index contributed by atoms with van der Waals surface area (Å²) in [5, 5.41) is 10.4. The molecule has 5 heteroatoms. The lowest BCUT2D eigenvalue weighted by molar-refractivity contribution is 0.710. The Labute approximate surface area is 103 Å². The number of nitrogens with one attached hydrogen (secondary N) is 1. The largest absolute Gasteiger partial charge is 0.317 e. The van der Waals surface area contributed by atoms with Crippen molar-refractivity contribution in [3.8, 4) is 0 Å². The number of nitrogens with zero attached hydrogens (tertiary/aromatic N) is 2. The van der Waals surface area contributed by atoms with E-state index in [4.69, 9.17) is 17.0 Å². The number of rotatable bonds is 3. The first-order valence-corrected chi connectivity index (χ1v) is 6.28. The molecule has 3 nitrogen and oxygen atoms in total. The van der Waals surface area contributed by atoms with E-state index in [1.807, 2.05) is 16.0 Å². The molecular formula is C11H12ClN3S. The molecule has 0 aromatic carbocycles. The van der Waals surface area contributed by atoms with Crippen LogP contribution in [-0.4, -0.2) is 9.55 Å². The predicted octanol–water partition coefficient (Wildman–Crippen LogP) is 2.69. The summed E-state index contributed by atoms with van der Waals surface area (Å²) in [5.74, 6) is 0. The van der Waals surface area contributed by atoms with Crippen LogP contribution in [0.4, 0.5) is 0 Å². The van der Waals surface area contributed by atoms with Crippen LogP contribution in [0.15, 0.2) is 23.7 Å². The number of hydrogen-bond donors (Lipinski definition) is 1. The first-order valence-electron chi connectivity index (χ1n) is 5.03. The lowest BCUT2D eigenvalue weighted by Gasteiger charge is -2.06. The Bertz CT molecular complexity index is 527. The molecule has 2 rings (SSSR count). The molecule has 0 atom stereocenters. The minimum atomic E-state index is 0.501. The fourth-order valence-corrected chi connectivity index (χ4v) is 2.47. The second-order valence-corrected chi connectivity index (χ2v) is 4.71. The molecule has 0 saturated carbocycles. The minimum Gasteiger partial charge on any atom is -0.317 e. The maximum Gasteiger partial charge on any atom is 0.182 e. The van der Waals surface area contributed by atoms with E-state index in [1.165, 1.54) is 17.0 Å². The third-order valence-corrected chi connectivity index (χ3v) is 3.45. The van der Waals surface area contributed by atoms with Gasteiger partial charge in [0.2, 0.25) is 0 Å². The summed E-state index contributed by atoms with van der Waals surface area (Å²) in [6, 6.07) is 3.72. The van der Waals surface area contributed by atoms with Gasteiger partial charge in [-0.2, -0.15) is 0 Å². The Morgan fingerprint density at radius 1 is 1.50 bits per heavy atom. The summed E-state index contributed by atoms with van der Waals surface area (Å²) in [6.07, 6.45) is 2.70. The van der Waals surface area contributed by atoms with Crippen LogP contribution in [0.2, 0.25) is 5.15 Å². The zero-order chi connectivity index (χ0) is 11.5. The smallest absolute Gasteiger partial charge is 0.182 e.